The Balaban J connectivity index is 1.40. The van der Waals surface area contributed by atoms with Gasteiger partial charge in [-0.05, 0) is 83.5 Å². The zero-order chi connectivity index (χ0) is 39.0. The van der Waals surface area contributed by atoms with E-state index >= 15 is 0 Å². The maximum absolute atomic E-state index is 14.7. The van der Waals surface area contributed by atoms with Crippen molar-refractivity contribution >= 4 is 39.4 Å². The number of rotatable bonds is 13. The molecule has 0 bridgehead atoms. The standard InChI is InChI=1S/C37H58F3N5O7S/c1-34(2,3)53(51,52)22-36(17-9-6-10-18-36)44-33(50)43-29(35(4)15-7-5-8-16-35)32(49)45-21-24(37(38,39)40)20-27(45)30(47)42-26(19-23-11-12-23)28(46)31(48)41-25-13-14-25/h23-27,29H,5-22H2,1-4H3,(H,41,48)(H,42,47)(H2,43,44,50)/t24-,26?,27+,29-/m1/s1. The smallest absolute Gasteiger partial charge is 0.347 e. The molecule has 5 fully saturated rings. The average molecular weight is 774 g/mol. The molecule has 0 spiro atoms. The lowest BCUT2D eigenvalue weighted by Gasteiger charge is -2.44. The van der Waals surface area contributed by atoms with Crippen LogP contribution in [0.4, 0.5) is 18.0 Å². The average Bonchev–Trinajstić information content (AvgIpc) is 4.00. The van der Waals surface area contributed by atoms with Crippen LogP contribution < -0.4 is 21.3 Å². The Hall–Kier alpha value is -2.91. The maximum Gasteiger partial charge on any atom is 0.393 e. The first-order chi connectivity index (χ1) is 24.6. The number of likely N-dealkylation sites (tertiary alicyclic amines) is 1. The third-order valence-electron chi connectivity index (χ3n) is 12.2. The van der Waals surface area contributed by atoms with E-state index in [-0.39, 0.29) is 24.1 Å². The maximum atomic E-state index is 14.7. The van der Waals surface area contributed by atoms with Crippen molar-refractivity contribution in [2.24, 2.45) is 17.3 Å². The molecule has 5 rings (SSSR count). The van der Waals surface area contributed by atoms with Crippen LogP contribution in [0.5, 0.6) is 0 Å². The predicted molar refractivity (Wildman–Crippen MR) is 191 cm³/mol. The largest absolute Gasteiger partial charge is 0.393 e. The summed E-state index contributed by atoms with van der Waals surface area (Å²) in [7, 11) is -3.67. The molecule has 0 aromatic carbocycles. The number of hydrogen-bond donors (Lipinski definition) is 4. The van der Waals surface area contributed by atoms with Crippen molar-refractivity contribution < 1.29 is 45.6 Å². The Morgan fingerprint density at radius 2 is 1.43 bits per heavy atom. The molecule has 4 N–H and O–H groups in total. The summed E-state index contributed by atoms with van der Waals surface area (Å²) >= 11 is 0. The Kier molecular flexibility index (Phi) is 12.2. The second kappa shape index (κ2) is 15.7. The van der Waals surface area contributed by atoms with Gasteiger partial charge in [0.25, 0.3) is 5.91 Å². The molecule has 1 aliphatic heterocycles. The van der Waals surface area contributed by atoms with Gasteiger partial charge in [0.2, 0.25) is 17.6 Å². The summed E-state index contributed by atoms with van der Waals surface area (Å²) in [5.41, 5.74) is -1.96. The summed E-state index contributed by atoms with van der Waals surface area (Å²) in [6.07, 6.45) is 4.15. The number of nitrogens with zero attached hydrogens (tertiary/aromatic N) is 1. The van der Waals surface area contributed by atoms with E-state index in [1.54, 1.807) is 20.8 Å². The van der Waals surface area contributed by atoms with Crippen molar-refractivity contribution in [1.82, 2.24) is 26.2 Å². The van der Waals surface area contributed by atoms with Crippen molar-refractivity contribution in [2.45, 2.75) is 171 Å². The number of urea groups is 1. The van der Waals surface area contributed by atoms with Gasteiger partial charge in [-0.3, -0.25) is 19.2 Å². The molecule has 0 aromatic rings. The van der Waals surface area contributed by atoms with E-state index < -0.39 is 98.3 Å². The molecule has 1 unspecified atom stereocenters. The fourth-order valence-corrected chi connectivity index (χ4v) is 9.79. The van der Waals surface area contributed by atoms with Crippen LogP contribution in [0.25, 0.3) is 0 Å². The number of carbonyl (C=O) groups is 5. The first-order valence-electron chi connectivity index (χ1n) is 19.5. The third-order valence-corrected chi connectivity index (χ3v) is 15.0. The fourth-order valence-electron chi connectivity index (χ4n) is 8.26. The van der Waals surface area contributed by atoms with Gasteiger partial charge in [0.1, 0.15) is 12.1 Å². The molecule has 5 aliphatic rings. The van der Waals surface area contributed by atoms with Crippen LogP contribution in [-0.4, -0.2) is 95.8 Å². The van der Waals surface area contributed by atoms with E-state index in [9.17, 15) is 45.6 Å². The van der Waals surface area contributed by atoms with Crippen LogP contribution in [0, 0.1) is 17.3 Å². The van der Waals surface area contributed by atoms with Gasteiger partial charge in [0.15, 0.2) is 9.84 Å². The molecular formula is C37H58F3N5O7S. The van der Waals surface area contributed by atoms with Crippen LogP contribution in [0.2, 0.25) is 0 Å². The number of amides is 5. The van der Waals surface area contributed by atoms with Gasteiger partial charge in [-0.15, -0.1) is 0 Å². The molecule has 4 aliphatic carbocycles. The second-order valence-corrected chi connectivity index (χ2v) is 20.5. The van der Waals surface area contributed by atoms with Crippen LogP contribution in [0.3, 0.4) is 0 Å². The molecule has 1 saturated heterocycles. The minimum absolute atomic E-state index is 0.0893. The van der Waals surface area contributed by atoms with E-state index in [0.29, 0.717) is 38.5 Å². The summed E-state index contributed by atoms with van der Waals surface area (Å²) in [4.78, 5) is 69.3. The van der Waals surface area contributed by atoms with E-state index in [2.05, 4.69) is 21.3 Å². The Morgan fingerprint density at radius 1 is 0.849 bits per heavy atom. The highest BCUT2D eigenvalue weighted by molar-refractivity contribution is 7.92. The number of sulfone groups is 1. The monoisotopic (exact) mass is 773 g/mol. The Labute approximate surface area is 311 Å². The van der Waals surface area contributed by atoms with Crippen LogP contribution in [0.15, 0.2) is 0 Å². The highest BCUT2D eigenvalue weighted by atomic mass is 32.2. The van der Waals surface area contributed by atoms with E-state index in [4.69, 9.17) is 0 Å². The molecule has 4 saturated carbocycles. The second-order valence-electron chi connectivity index (χ2n) is 17.8. The van der Waals surface area contributed by atoms with Gasteiger partial charge in [0.05, 0.1) is 28.0 Å². The highest BCUT2D eigenvalue weighted by Gasteiger charge is 2.54. The normalized spacial score (nSPS) is 25.8. The van der Waals surface area contributed by atoms with Gasteiger partial charge in [-0.25, -0.2) is 13.2 Å². The lowest BCUT2D eigenvalue weighted by Crippen LogP contribution is -2.64. The minimum Gasteiger partial charge on any atom is -0.347 e. The summed E-state index contributed by atoms with van der Waals surface area (Å²) < 4.78 is 68.6. The van der Waals surface area contributed by atoms with Crippen LogP contribution >= 0.6 is 0 Å². The summed E-state index contributed by atoms with van der Waals surface area (Å²) in [5.74, 6) is -5.74. The molecular weight excluding hydrogens is 715 g/mol. The van der Waals surface area contributed by atoms with Gasteiger partial charge in [0, 0.05) is 12.6 Å². The first kappa shape index (κ1) is 41.3. The molecule has 12 nitrogen and oxygen atoms in total. The molecule has 1 heterocycles. The lowest BCUT2D eigenvalue weighted by molar-refractivity contribution is -0.171. The first-order valence-corrected chi connectivity index (χ1v) is 21.1. The topological polar surface area (TPSA) is 171 Å². The van der Waals surface area contributed by atoms with E-state index in [0.717, 1.165) is 56.3 Å². The quantitative estimate of drug-likeness (QED) is 0.201. The minimum atomic E-state index is -4.73. The number of nitrogens with one attached hydrogen (secondary N) is 4. The predicted octanol–water partition coefficient (Wildman–Crippen LogP) is 4.45. The van der Waals surface area contributed by atoms with Crippen molar-refractivity contribution in [1.29, 1.82) is 0 Å². The molecule has 300 valence electrons. The number of Topliss-reactive ketones (excluding diaryl/α,β-unsaturated/α-hetero) is 1. The molecule has 5 amide bonds. The number of hydrogen-bond acceptors (Lipinski definition) is 7. The SMILES string of the molecule is CC1([C@H](NC(=O)NC2(CS(=O)(=O)C(C)(C)C)CCCCC2)C(=O)N2C[C@H](C(F)(F)F)C[C@H]2C(=O)NC(CC2CC2)C(=O)C(=O)NC2CC2)CCCCC1. The summed E-state index contributed by atoms with van der Waals surface area (Å²) in [6.45, 7) is 5.79. The van der Waals surface area contributed by atoms with Crippen molar-refractivity contribution in [3.63, 3.8) is 0 Å². The van der Waals surface area contributed by atoms with Gasteiger partial charge < -0.3 is 26.2 Å². The molecule has 53 heavy (non-hydrogen) atoms. The number of alkyl halides is 3. The molecule has 0 aromatic heterocycles. The fraction of sp³-hybridized carbons (Fsp3) is 0.865. The van der Waals surface area contributed by atoms with Gasteiger partial charge in [-0.1, -0.05) is 58.3 Å². The van der Waals surface area contributed by atoms with Gasteiger partial charge in [-0.2, -0.15) is 13.2 Å². The summed E-state index contributed by atoms with van der Waals surface area (Å²) in [6, 6.07) is -5.07. The number of halogens is 3. The number of ketones is 1. The molecule has 4 atom stereocenters. The summed E-state index contributed by atoms with van der Waals surface area (Å²) in [5, 5.41) is 10.9. The van der Waals surface area contributed by atoms with E-state index in [1.165, 1.54) is 0 Å². The third kappa shape index (κ3) is 10.2. The van der Waals surface area contributed by atoms with Gasteiger partial charge >= 0.3 is 12.2 Å². The van der Waals surface area contributed by atoms with Crippen molar-refractivity contribution in [3.8, 4) is 0 Å². The lowest BCUT2D eigenvalue weighted by atomic mass is 9.70. The van der Waals surface area contributed by atoms with E-state index in [1.807, 2.05) is 6.92 Å². The Bertz CT molecular complexity index is 1510. The van der Waals surface area contributed by atoms with Crippen LogP contribution in [-0.2, 0) is 29.0 Å². The molecule has 16 heteroatoms. The van der Waals surface area contributed by atoms with Crippen molar-refractivity contribution in [2.75, 3.05) is 12.3 Å². The van der Waals surface area contributed by atoms with Crippen LogP contribution in [0.1, 0.15) is 130 Å². The zero-order valence-electron chi connectivity index (χ0n) is 31.5. The number of carbonyl (C=O) groups excluding carboxylic acids is 5. The van der Waals surface area contributed by atoms with Crippen molar-refractivity contribution in [3.05, 3.63) is 0 Å². The highest BCUT2D eigenvalue weighted by Crippen LogP contribution is 2.43. The molecule has 0 radical (unpaired) electrons. The Morgan fingerprint density at radius 3 is 1.96 bits per heavy atom. The zero-order valence-corrected chi connectivity index (χ0v) is 32.4.